The summed E-state index contributed by atoms with van der Waals surface area (Å²) < 4.78 is 12.3. The minimum Gasteiger partial charge on any atom is -0.491 e. The fraction of sp³-hybridized carbons (Fsp3) is 0.111. The molecule has 4 nitrogen and oxygen atoms in total. The van der Waals surface area contributed by atoms with E-state index in [1.807, 2.05) is 12.1 Å². The van der Waals surface area contributed by atoms with Crippen molar-refractivity contribution in [1.29, 1.82) is 0 Å². The van der Waals surface area contributed by atoms with E-state index in [1.165, 1.54) is 43.1 Å². The lowest BCUT2D eigenvalue weighted by Gasteiger charge is -2.36. The third-order valence-corrected chi connectivity index (χ3v) is 11.9. The summed E-state index contributed by atoms with van der Waals surface area (Å²) in [6, 6.07) is 48.0. The van der Waals surface area contributed by atoms with Crippen LogP contribution in [-0.2, 0) is 5.41 Å². The van der Waals surface area contributed by atoms with Crippen LogP contribution in [0.15, 0.2) is 144 Å². The second kappa shape index (κ2) is 13.1. The van der Waals surface area contributed by atoms with Crippen LogP contribution in [0, 0.1) is 0 Å². The van der Waals surface area contributed by atoms with Crippen LogP contribution in [-0.4, -0.2) is 36.6 Å². The lowest BCUT2D eigenvalue weighted by molar-refractivity contribution is 0.203. The molecule has 2 aromatic heterocycles. The molecule has 0 bridgehead atoms. The van der Waals surface area contributed by atoms with Gasteiger partial charge in [-0.1, -0.05) is 97.1 Å². The number of aliphatic hydroxyl groups excluding tert-OH is 2. The molecule has 8 aromatic rings. The normalized spacial score (nSPS) is 13.0. The Morgan fingerprint density at radius 2 is 0.902 bits per heavy atom. The molecule has 0 radical (unpaired) electrons. The first-order chi connectivity index (χ1) is 25.2. The molecular weight excluding hydrogens is 669 g/mol. The number of ether oxygens (including phenoxy) is 2. The van der Waals surface area contributed by atoms with Crippen molar-refractivity contribution in [3.05, 3.63) is 166 Å². The molecule has 0 spiro atoms. The van der Waals surface area contributed by atoms with E-state index in [1.54, 1.807) is 22.7 Å². The van der Waals surface area contributed by atoms with Crippen LogP contribution in [0.3, 0.4) is 0 Å². The van der Waals surface area contributed by atoms with Gasteiger partial charge in [-0.3, -0.25) is 0 Å². The molecule has 1 aliphatic carbocycles. The molecule has 6 aromatic carbocycles. The summed E-state index contributed by atoms with van der Waals surface area (Å²) in [5.74, 6) is 1.49. The second-order valence-corrected chi connectivity index (χ2v) is 14.6. The van der Waals surface area contributed by atoms with Gasteiger partial charge < -0.3 is 19.7 Å². The monoisotopic (exact) mass is 702 g/mol. The molecule has 6 heteroatoms. The molecule has 0 atom stereocenters. The van der Waals surface area contributed by atoms with E-state index >= 15 is 0 Å². The quantitative estimate of drug-likeness (QED) is 0.149. The minimum atomic E-state index is -0.755. The van der Waals surface area contributed by atoms with Gasteiger partial charge in [0.05, 0.1) is 18.6 Å². The number of hydrogen-bond acceptors (Lipinski definition) is 6. The van der Waals surface area contributed by atoms with Crippen molar-refractivity contribution >= 4 is 44.2 Å². The first kappa shape index (κ1) is 31.7. The van der Waals surface area contributed by atoms with Gasteiger partial charge in [-0.15, -0.1) is 22.7 Å². The summed E-state index contributed by atoms with van der Waals surface area (Å²) in [4.78, 5) is 2.44. The molecule has 2 N–H and O–H groups in total. The fourth-order valence-electron chi connectivity index (χ4n) is 8.00. The molecule has 0 aliphatic heterocycles. The summed E-state index contributed by atoms with van der Waals surface area (Å²) >= 11 is 3.50. The second-order valence-electron chi connectivity index (χ2n) is 12.7. The molecule has 250 valence electrons. The van der Waals surface area contributed by atoms with Gasteiger partial charge in [-0.2, -0.15) is 0 Å². The third-order valence-electron chi connectivity index (χ3n) is 10.0. The van der Waals surface area contributed by atoms with Crippen molar-refractivity contribution in [2.24, 2.45) is 0 Å². The Kier molecular flexibility index (Phi) is 8.17. The smallest absolute Gasteiger partial charge is 0.127 e. The number of rotatable bonds is 10. The number of hydrogen-bond donors (Lipinski definition) is 2. The Labute approximate surface area is 304 Å². The van der Waals surface area contributed by atoms with E-state index < -0.39 is 5.41 Å². The molecule has 2 heterocycles. The van der Waals surface area contributed by atoms with Crippen molar-refractivity contribution < 1.29 is 19.7 Å². The zero-order chi connectivity index (χ0) is 34.4. The maximum absolute atomic E-state index is 9.67. The summed E-state index contributed by atoms with van der Waals surface area (Å²) in [6.07, 6.45) is 0. The maximum atomic E-state index is 9.67. The van der Waals surface area contributed by atoms with Gasteiger partial charge in [0.25, 0.3) is 0 Å². The van der Waals surface area contributed by atoms with Gasteiger partial charge in [0, 0.05) is 20.5 Å². The predicted molar refractivity (Wildman–Crippen MR) is 211 cm³/mol. The Hall–Kier alpha value is -5.24. The van der Waals surface area contributed by atoms with Crippen LogP contribution in [0.4, 0.5) is 0 Å². The zero-order valence-corrected chi connectivity index (χ0v) is 29.3. The highest BCUT2D eigenvalue weighted by Gasteiger charge is 2.48. The number of benzene rings is 6. The van der Waals surface area contributed by atoms with Crippen molar-refractivity contribution in [3.8, 4) is 43.5 Å². The van der Waals surface area contributed by atoms with Gasteiger partial charge in [0.1, 0.15) is 24.7 Å². The standard InChI is InChI=1S/C45H34O4S2/c46-21-23-48-41-19-17-37(31-7-1-3-9-35(31)41)45(38-18-20-42(49-24-22-47)36-10-4-2-8-32(36)38)39-27-29(43-11-5-25-50-43)13-15-33(39)34-16-14-30(28-40(34)45)44-12-6-26-51-44/h1-20,25-28,46-47H,21-24H2. The third kappa shape index (κ3) is 5.09. The van der Waals surface area contributed by atoms with Crippen LogP contribution in [0.5, 0.6) is 11.5 Å². The highest BCUT2D eigenvalue weighted by molar-refractivity contribution is 7.13. The lowest BCUT2D eigenvalue weighted by Crippen LogP contribution is -2.29. The van der Waals surface area contributed by atoms with Crippen molar-refractivity contribution in [1.82, 2.24) is 0 Å². The molecule has 0 unspecified atom stereocenters. The van der Waals surface area contributed by atoms with Gasteiger partial charge in [0.15, 0.2) is 0 Å². The van der Waals surface area contributed by atoms with Crippen molar-refractivity contribution in [2.75, 3.05) is 26.4 Å². The van der Waals surface area contributed by atoms with E-state index in [0.717, 1.165) is 44.2 Å². The predicted octanol–water partition coefficient (Wildman–Crippen LogP) is 10.6. The average molecular weight is 703 g/mol. The highest BCUT2D eigenvalue weighted by Crippen LogP contribution is 2.60. The maximum Gasteiger partial charge on any atom is 0.127 e. The van der Waals surface area contributed by atoms with Crippen LogP contribution < -0.4 is 9.47 Å². The topological polar surface area (TPSA) is 58.9 Å². The molecule has 0 amide bonds. The SMILES string of the molecule is OCCOc1ccc(C2(c3ccc(OCCO)c4ccccc34)c3cc(-c4cccs4)ccc3-c3ccc(-c4cccs4)cc32)c2ccccc12. The molecule has 9 rings (SSSR count). The summed E-state index contributed by atoms with van der Waals surface area (Å²) in [5, 5.41) is 27.8. The van der Waals surface area contributed by atoms with Crippen LogP contribution in [0.25, 0.3) is 53.6 Å². The van der Waals surface area contributed by atoms with Crippen LogP contribution in [0.1, 0.15) is 22.3 Å². The molecule has 0 saturated heterocycles. The summed E-state index contributed by atoms with van der Waals surface area (Å²) in [5.41, 5.74) is 8.75. The lowest BCUT2D eigenvalue weighted by atomic mass is 9.65. The van der Waals surface area contributed by atoms with Crippen LogP contribution in [0.2, 0.25) is 0 Å². The van der Waals surface area contributed by atoms with E-state index in [-0.39, 0.29) is 26.4 Å². The summed E-state index contributed by atoms with van der Waals surface area (Å²) in [6.45, 7) is 0.311. The van der Waals surface area contributed by atoms with Crippen molar-refractivity contribution in [2.45, 2.75) is 5.41 Å². The molecule has 0 saturated carbocycles. The largest absolute Gasteiger partial charge is 0.491 e. The number of thiophene rings is 2. The van der Waals surface area contributed by atoms with Gasteiger partial charge in [-0.25, -0.2) is 0 Å². The van der Waals surface area contributed by atoms with Gasteiger partial charge in [-0.05, 0) is 102 Å². The molecular formula is C45H34O4S2. The highest BCUT2D eigenvalue weighted by atomic mass is 32.1. The van der Waals surface area contributed by atoms with Crippen molar-refractivity contribution in [3.63, 3.8) is 0 Å². The van der Waals surface area contributed by atoms with E-state index in [2.05, 4.69) is 132 Å². The Balaban J connectivity index is 1.46. The Bertz CT molecular complexity index is 2340. The zero-order valence-electron chi connectivity index (χ0n) is 27.7. The van der Waals surface area contributed by atoms with E-state index in [4.69, 9.17) is 9.47 Å². The van der Waals surface area contributed by atoms with E-state index in [0.29, 0.717) is 0 Å². The first-order valence-corrected chi connectivity index (χ1v) is 18.9. The van der Waals surface area contributed by atoms with Crippen LogP contribution >= 0.6 is 22.7 Å². The number of fused-ring (bicyclic) bond motifs is 5. The number of aliphatic hydroxyl groups is 2. The van der Waals surface area contributed by atoms with E-state index in [9.17, 15) is 10.2 Å². The van der Waals surface area contributed by atoms with Gasteiger partial charge in [0.2, 0.25) is 0 Å². The average Bonchev–Trinajstić information content (AvgIpc) is 3.97. The Morgan fingerprint density at radius 3 is 1.31 bits per heavy atom. The minimum absolute atomic E-state index is 0.0611. The van der Waals surface area contributed by atoms with Gasteiger partial charge >= 0.3 is 0 Å². The molecule has 1 aliphatic rings. The fourth-order valence-corrected chi connectivity index (χ4v) is 9.45. The Morgan fingerprint density at radius 1 is 0.451 bits per heavy atom. The first-order valence-electron chi connectivity index (χ1n) is 17.1. The molecule has 0 fully saturated rings. The summed E-state index contributed by atoms with van der Waals surface area (Å²) in [7, 11) is 0. The molecule has 51 heavy (non-hydrogen) atoms.